The van der Waals surface area contributed by atoms with Gasteiger partial charge in [-0.2, -0.15) is 0 Å². The van der Waals surface area contributed by atoms with Crippen molar-refractivity contribution in [2.45, 2.75) is 20.4 Å². The molecule has 0 saturated carbocycles. The van der Waals surface area contributed by atoms with Gasteiger partial charge in [0.05, 0.1) is 22.3 Å². The van der Waals surface area contributed by atoms with E-state index >= 15 is 0 Å². The number of hydrogen-bond donors (Lipinski definition) is 0. The minimum atomic E-state index is -0.353. The molecule has 3 aromatic rings. The summed E-state index contributed by atoms with van der Waals surface area (Å²) in [5.74, 6) is -0.196. The summed E-state index contributed by atoms with van der Waals surface area (Å²) in [6, 6.07) is 10.7. The fourth-order valence-electron chi connectivity index (χ4n) is 2.89. The zero-order chi connectivity index (χ0) is 18.8. The SMILES string of the molecule is CCN(C(=O)Cn1cnc2c(Cl)cc(Cl)cc2c1=O)c1ccccc1C. The van der Waals surface area contributed by atoms with Gasteiger partial charge in [-0.3, -0.25) is 14.2 Å². The van der Waals surface area contributed by atoms with Gasteiger partial charge in [-0.05, 0) is 37.6 Å². The molecule has 1 aromatic heterocycles. The van der Waals surface area contributed by atoms with Crippen LogP contribution in [0.25, 0.3) is 10.9 Å². The molecule has 0 fully saturated rings. The summed E-state index contributed by atoms with van der Waals surface area (Å²) in [7, 11) is 0. The summed E-state index contributed by atoms with van der Waals surface area (Å²) >= 11 is 12.1. The van der Waals surface area contributed by atoms with Crippen LogP contribution < -0.4 is 10.5 Å². The lowest BCUT2D eigenvalue weighted by molar-refractivity contribution is -0.119. The molecule has 3 rings (SSSR count). The average molecular weight is 390 g/mol. The maximum atomic E-state index is 12.8. The smallest absolute Gasteiger partial charge is 0.261 e. The van der Waals surface area contributed by atoms with Crippen LogP contribution in [0.4, 0.5) is 5.69 Å². The Morgan fingerprint density at radius 3 is 2.65 bits per heavy atom. The standard InChI is InChI=1S/C19H17Cl2N3O2/c1-3-24(16-7-5-4-6-12(16)2)17(25)10-23-11-22-18-14(19(23)26)8-13(20)9-15(18)21/h4-9,11H,3,10H2,1-2H3. The Labute approximate surface area is 160 Å². The van der Waals surface area contributed by atoms with Crippen LogP contribution >= 0.6 is 23.2 Å². The Bertz CT molecular complexity index is 1050. The van der Waals surface area contributed by atoms with Crippen LogP contribution in [0.15, 0.2) is 47.5 Å². The molecule has 0 saturated heterocycles. The molecule has 0 radical (unpaired) electrons. The summed E-state index contributed by atoms with van der Waals surface area (Å²) in [5.41, 5.74) is 1.84. The number of fused-ring (bicyclic) bond motifs is 1. The van der Waals surface area contributed by atoms with Crippen molar-refractivity contribution < 1.29 is 4.79 Å². The summed E-state index contributed by atoms with van der Waals surface area (Å²) in [6.07, 6.45) is 1.34. The van der Waals surface area contributed by atoms with Crippen molar-refractivity contribution in [2.75, 3.05) is 11.4 Å². The van der Waals surface area contributed by atoms with Crippen molar-refractivity contribution in [1.82, 2.24) is 9.55 Å². The van der Waals surface area contributed by atoms with E-state index in [9.17, 15) is 9.59 Å². The molecule has 7 heteroatoms. The third kappa shape index (κ3) is 3.45. The van der Waals surface area contributed by atoms with Crippen LogP contribution in [0, 0.1) is 6.92 Å². The second-order valence-electron chi connectivity index (χ2n) is 5.89. The molecule has 0 aliphatic rings. The normalized spacial score (nSPS) is 10.9. The Morgan fingerprint density at radius 1 is 1.23 bits per heavy atom. The number of halogens is 2. The van der Waals surface area contributed by atoms with Crippen molar-refractivity contribution in [2.24, 2.45) is 0 Å². The van der Waals surface area contributed by atoms with Gasteiger partial charge >= 0.3 is 0 Å². The third-order valence-electron chi connectivity index (χ3n) is 4.17. The first-order valence-electron chi connectivity index (χ1n) is 8.12. The highest BCUT2D eigenvalue weighted by Gasteiger charge is 2.18. The highest BCUT2D eigenvalue weighted by molar-refractivity contribution is 6.38. The number of benzene rings is 2. The van der Waals surface area contributed by atoms with Gasteiger partial charge in [-0.25, -0.2) is 4.98 Å². The molecule has 0 aliphatic heterocycles. The highest BCUT2D eigenvalue weighted by atomic mass is 35.5. The van der Waals surface area contributed by atoms with Crippen LogP contribution in [0.3, 0.4) is 0 Å². The third-order valence-corrected chi connectivity index (χ3v) is 4.68. The van der Waals surface area contributed by atoms with E-state index < -0.39 is 0 Å². The molecule has 26 heavy (non-hydrogen) atoms. The summed E-state index contributed by atoms with van der Waals surface area (Å²) in [4.78, 5) is 31.4. The lowest BCUT2D eigenvalue weighted by Gasteiger charge is -2.23. The van der Waals surface area contributed by atoms with Gasteiger partial charge in [0.25, 0.3) is 5.56 Å². The molecule has 0 aliphatic carbocycles. The molecule has 0 spiro atoms. The average Bonchev–Trinajstić information content (AvgIpc) is 2.60. The van der Waals surface area contributed by atoms with E-state index in [0.29, 0.717) is 22.1 Å². The van der Waals surface area contributed by atoms with Gasteiger partial charge in [0, 0.05) is 17.3 Å². The van der Waals surface area contributed by atoms with Crippen molar-refractivity contribution in [1.29, 1.82) is 0 Å². The Balaban J connectivity index is 1.98. The van der Waals surface area contributed by atoms with Gasteiger partial charge in [0.1, 0.15) is 6.54 Å². The van der Waals surface area contributed by atoms with Gasteiger partial charge in [-0.15, -0.1) is 0 Å². The van der Waals surface area contributed by atoms with Crippen molar-refractivity contribution in [3.63, 3.8) is 0 Å². The molecular formula is C19H17Cl2N3O2. The van der Waals surface area contributed by atoms with E-state index in [4.69, 9.17) is 23.2 Å². The number of likely N-dealkylation sites (N-methyl/N-ethyl adjacent to an activating group) is 1. The number of carbonyl (C=O) groups excluding carboxylic acids is 1. The minimum absolute atomic E-state index is 0.117. The van der Waals surface area contributed by atoms with E-state index in [2.05, 4.69) is 4.98 Å². The molecule has 2 aromatic carbocycles. The lowest BCUT2D eigenvalue weighted by Crippen LogP contribution is -2.37. The second kappa shape index (κ2) is 7.48. The van der Waals surface area contributed by atoms with E-state index in [-0.39, 0.29) is 23.4 Å². The zero-order valence-electron chi connectivity index (χ0n) is 14.4. The van der Waals surface area contributed by atoms with Crippen molar-refractivity contribution >= 4 is 45.7 Å². The number of carbonyl (C=O) groups is 1. The van der Waals surface area contributed by atoms with Crippen LogP contribution in [0.2, 0.25) is 10.0 Å². The van der Waals surface area contributed by atoms with Crippen LogP contribution in [-0.4, -0.2) is 22.0 Å². The molecule has 5 nitrogen and oxygen atoms in total. The number of nitrogens with zero attached hydrogens (tertiary/aromatic N) is 3. The van der Waals surface area contributed by atoms with E-state index in [0.717, 1.165) is 11.3 Å². The first-order valence-corrected chi connectivity index (χ1v) is 8.88. The fraction of sp³-hybridized carbons (Fsp3) is 0.211. The number of hydrogen-bond acceptors (Lipinski definition) is 3. The molecule has 0 bridgehead atoms. The highest BCUT2D eigenvalue weighted by Crippen LogP contribution is 2.24. The fourth-order valence-corrected chi connectivity index (χ4v) is 3.43. The quantitative estimate of drug-likeness (QED) is 0.675. The molecule has 1 amide bonds. The number of rotatable bonds is 4. The van der Waals surface area contributed by atoms with Crippen molar-refractivity contribution in [3.05, 3.63) is 68.7 Å². The monoisotopic (exact) mass is 389 g/mol. The summed E-state index contributed by atoms with van der Waals surface area (Å²) in [5, 5.41) is 0.940. The molecule has 0 N–H and O–H groups in total. The van der Waals surface area contributed by atoms with Gasteiger partial charge < -0.3 is 4.90 Å². The maximum Gasteiger partial charge on any atom is 0.261 e. The topological polar surface area (TPSA) is 55.2 Å². The Kier molecular flexibility index (Phi) is 5.30. The molecule has 134 valence electrons. The van der Waals surface area contributed by atoms with Gasteiger partial charge in [0.2, 0.25) is 5.91 Å². The molecule has 0 atom stereocenters. The number of aromatic nitrogens is 2. The molecule has 1 heterocycles. The Hall–Kier alpha value is -2.37. The lowest BCUT2D eigenvalue weighted by atomic mass is 10.2. The first kappa shape index (κ1) is 18.4. The number of aryl methyl sites for hydroxylation is 1. The molecule has 0 unspecified atom stereocenters. The number of amides is 1. The largest absolute Gasteiger partial charge is 0.311 e. The molecular weight excluding hydrogens is 373 g/mol. The number of anilines is 1. The predicted octanol–water partition coefficient (Wildman–Crippen LogP) is 4.06. The first-order chi connectivity index (χ1) is 12.4. The van der Waals surface area contributed by atoms with E-state index in [1.807, 2.05) is 38.1 Å². The van der Waals surface area contributed by atoms with E-state index in [1.165, 1.54) is 23.0 Å². The van der Waals surface area contributed by atoms with E-state index in [1.54, 1.807) is 4.90 Å². The van der Waals surface area contributed by atoms with Gasteiger partial charge in [0.15, 0.2) is 0 Å². The maximum absolute atomic E-state index is 12.8. The Morgan fingerprint density at radius 2 is 1.96 bits per heavy atom. The van der Waals surface area contributed by atoms with Gasteiger partial charge in [-0.1, -0.05) is 41.4 Å². The van der Waals surface area contributed by atoms with Crippen LogP contribution in [-0.2, 0) is 11.3 Å². The summed E-state index contributed by atoms with van der Waals surface area (Å²) < 4.78 is 1.28. The second-order valence-corrected chi connectivity index (χ2v) is 6.73. The van der Waals surface area contributed by atoms with Crippen LogP contribution in [0.5, 0.6) is 0 Å². The zero-order valence-corrected chi connectivity index (χ0v) is 15.9. The van der Waals surface area contributed by atoms with Crippen molar-refractivity contribution in [3.8, 4) is 0 Å². The minimum Gasteiger partial charge on any atom is -0.311 e. The predicted molar refractivity (Wildman–Crippen MR) is 105 cm³/mol. The van der Waals surface area contributed by atoms with Crippen LogP contribution in [0.1, 0.15) is 12.5 Å². The summed E-state index contributed by atoms with van der Waals surface area (Å²) in [6.45, 7) is 4.22. The number of para-hydroxylation sites is 1.